The maximum atomic E-state index is 10.9. The Hall–Kier alpha value is -2.07. The highest BCUT2D eigenvalue weighted by Crippen LogP contribution is 2.14. The first kappa shape index (κ1) is 13.4. The molecule has 1 aromatic heterocycles. The van der Waals surface area contributed by atoms with E-state index < -0.39 is 5.97 Å². The molecule has 0 spiro atoms. The maximum Gasteiger partial charge on any atom is 0.339 e. The van der Waals surface area contributed by atoms with Crippen LogP contribution >= 0.6 is 0 Å². The Balaban J connectivity index is 1.90. The quantitative estimate of drug-likeness (QED) is 0.866. The van der Waals surface area contributed by atoms with E-state index in [0.717, 1.165) is 6.54 Å². The Kier molecular flexibility index (Phi) is 4.02. The van der Waals surface area contributed by atoms with Crippen molar-refractivity contribution in [1.82, 2.24) is 5.32 Å². The monoisotopic (exact) mass is 259 g/mol. The minimum atomic E-state index is -0.953. The highest BCUT2D eigenvalue weighted by molar-refractivity contribution is 5.88. The summed E-state index contributed by atoms with van der Waals surface area (Å²) in [5.41, 5.74) is 2.65. The van der Waals surface area contributed by atoms with Gasteiger partial charge in [0, 0.05) is 6.54 Å². The first-order valence-electron chi connectivity index (χ1n) is 6.15. The molecule has 0 aliphatic heterocycles. The first-order chi connectivity index (χ1) is 9.06. The molecule has 1 aromatic carbocycles. The van der Waals surface area contributed by atoms with Crippen LogP contribution in [0, 0.1) is 13.8 Å². The van der Waals surface area contributed by atoms with Crippen molar-refractivity contribution >= 4 is 5.97 Å². The molecule has 100 valence electrons. The molecule has 4 nitrogen and oxygen atoms in total. The summed E-state index contributed by atoms with van der Waals surface area (Å²) in [5.74, 6) is 0.132. The zero-order valence-corrected chi connectivity index (χ0v) is 11.1. The Morgan fingerprint density at radius 2 is 1.89 bits per heavy atom. The molecule has 19 heavy (non-hydrogen) atoms. The van der Waals surface area contributed by atoms with Crippen molar-refractivity contribution in [3.8, 4) is 0 Å². The molecule has 1 heterocycles. The number of benzene rings is 1. The second-order valence-corrected chi connectivity index (χ2v) is 4.58. The van der Waals surface area contributed by atoms with Crippen LogP contribution in [0.15, 0.2) is 34.7 Å². The van der Waals surface area contributed by atoms with E-state index in [2.05, 4.69) is 36.5 Å². The molecular weight excluding hydrogens is 242 g/mol. The molecule has 2 N–H and O–H groups in total. The Morgan fingerprint density at radius 3 is 2.47 bits per heavy atom. The van der Waals surface area contributed by atoms with Crippen molar-refractivity contribution < 1.29 is 14.3 Å². The van der Waals surface area contributed by atoms with Gasteiger partial charge in [0.25, 0.3) is 0 Å². The van der Waals surface area contributed by atoms with Gasteiger partial charge in [0.05, 0.1) is 6.54 Å². The predicted octanol–water partition coefficient (Wildman–Crippen LogP) is 2.88. The zero-order chi connectivity index (χ0) is 13.8. The van der Waals surface area contributed by atoms with Gasteiger partial charge >= 0.3 is 5.97 Å². The fraction of sp³-hybridized carbons (Fsp3) is 0.267. The molecule has 2 aromatic rings. The van der Waals surface area contributed by atoms with Gasteiger partial charge in [-0.3, -0.25) is 0 Å². The van der Waals surface area contributed by atoms with Gasteiger partial charge in [-0.2, -0.15) is 0 Å². The standard InChI is InChI=1S/C15H17NO3/c1-10-3-5-12(6-4-10)8-16-9-13-7-14(15(17)18)11(2)19-13/h3-7,16H,8-9H2,1-2H3,(H,17,18). The molecule has 0 aliphatic carbocycles. The van der Waals surface area contributed by atoms with Crippen LogP contribution in [0.3, 0.4) is 0 Å². The topological polar surface area (TPSA) is 62.5 Å². The Bertz CT molecular complexity index is 570. The third-order valence-electron chi connectivity index (χ3n) is 2.95. The lowest BCUT2D eigenvalue weighted by Crippen LogP contribution is -2.12. The van der Waals surface area contributed by atoms with Crippen molar-refractivity contribution in [1.29, 1.82) is 0 Å². The van der Waals surface area contributed by atoms with E-state index in [9.17, 15) is 4.79 Å². The lowest BCUT2D eigenvalue weighted by atomic mass is 10.1. The summed E-state index contributed by atoms with van der Waals surface area (Å²) in [5, 5.41) is 12.2. The van der Waals surface area contributed by atoms with Crippen molar-refractivity contribution in [3.05, 3.63) is 58.5 Å². The molecule has 0 saturated heterocycles. The number of hydrogen-bond donors (Lipinski definition) is 2. The summed E-state index contributed by atoms with van der Waals surface area (Å²) < 4.78 is 5.39. The van der Waals surface area contributed by atoms with Crippen molar-refractivity contribution in [2.75, 3.05) is 0 Å². The van der Waals surface area contributed by atoms with Gasteiger partial charge in [0.2, 0.25) is 0 Å². The number of nitrogens with one attached hydrogen (secondary N) is 1. The van der Waals surface area contributed by atoms with E-state index in [-0.39, 0.29) is 5.56 Å². The summed E-state index contributed by atoms with van der Waals surface area (Å²) in [4.78, 5) is 10.9. The van der Waals surface area contributed by atoms with Crippen LogP contribution in [0.2, 0.25) is 0 Å². The molecule has 0 unspecified atom stereocenters. The fourth-order valence-corrected chi connectivity index (χ4v) is 1.88. The summed E-state index contributed by atoms with van der Waals surface area (Å²) in [6.45, 7) is 4.95. The van der Waals surface area contributed by atoms with Gasteiger partial charge in [-0.25, -0.2) is 4.79 Å². The molecule has 2 rings (SSSR count). The molecule has 0 fully saturated rings. The van der Waals surface area contributed by atoms with E-state index in [4.69, 9.17) is 9.52 Å². The third-order valence-corrected chi connectivity index (χ3v) is 2.95. The minimum Gasteiger partial charge on any atom is -0.478 e. The number of rotatable bonds is 5. The minimum absolute atomic E-state index is 0.229. The van der Waals surface area contributed by atoms with Crippen LogP contribution in [0.5, 0.6) is 0 Å². The SMILES string of the molecule is Cc1ccc(CNCc2cc(C(=O)O)c(C)o2)cc1. The molecule has 0 bridgehead atoms. The molecule has 0 radical (unpaired) electrons. The van der Waals surface area contributed by atoms with E-state index >= 15 is 0 Å². The molecule has 0 amide bonds. The lowest BCUT2D eigenvalue weighted by molar-refractivity contribution is 0.0695. The van der Waals surface area contributed by atoms with Crippen LogP contribution in [-0.2, 0) is 13.1 Å². The molecule has 0 aliphatic rings. The number of aromatic carboxylic acids is 1. The van der Waals surface area contributed by atoms with Gasteiger partial charge in [-0.15, -0.1) is 0 Å². The van der Waals surface area contributed by atoms with Gasteiger partial charge < -0.3 is 14.8 Å². The van der Waals surface area contributed by atoms with E-state index in [1.165, 1.54) is 11.1 Å². The number of carboxylic acid groups (broad SMARTS) is 1. The van der Waals surface area contributed by atoms with Gasteiger partial charge in [0.1, 0.15) is 17.1 Å². The average molecular weight is 259 g/mol. The highest BCUT2D eigenvalue weighted by atomic mass is 16.4. The van der Waals surface area contributed by atoms with Crippen LogP contribution in [0.1, 0.15) is 33.0 Å². The van der Waals surface area contributed by atoms with Gasteiger partial charge in [0.15, 0.2) is 0 Å². The molecule has 0 atom stereocenters. The highest BCUT2D eigenvalue weighted by Gasteiger charge is 2.13. The van der Waals surface area contributed by atoms with E-state index in [1.807, 2.05) is 0 Å². The number of hydrogen-bond acceptors (Lipinski definition) is 3. The summed E-state index contributed by atoms with van der Waals surface area (Å²) in [7, 11) is 0. The van der Waals surface area contributed by atoms with Gasteiger partial charge in [-0.1, -0.05) is 29.8 Å². The first-order valence-corrected chi connectivity index (χ1v) is 6.15. The van der Waals surface area contributed by atoms with Crippen molar-refractivity contribution in [3.63, 3.8) is 0 Å². The fourth-order valence-electron chi connectivity index (χ4n) is 1.88. The number of carbonyl (C=O) groups is 1. The molecule has 4 heteroatoms. The van der Waals surface area contributed by atoms with Crippen molar-refractivity contribution in [2.24, 2.45) is 0 Å². The number of aryl methyl sites for hydroxylation is 2. The third kappa shape index (κ3) is 3.45. The smallest absolute Gasteiger partial charge is 0.339 e. The number of carboxylic acids is 1. The van der Waals surface area contributed by atoms with Crippen LogP contribution in [-0.4, -0.2) is 11.1 Å². The van der Waals surface area contributed by atoms with Crippen LogP contribution in [0.4, 0.5) is 0 Å². The second kappa shape index (κ2) is 5.71. The van der Waals surface area contributed by atoms with E-state index in [0.29, 0.717) is 18.1 Å². The largest absolute Gasteiger partial charge is 0.478 e. The summed E-state index contributed by atoms with van der Waals surface area (Å²) >= 11 is 0. The molecular formula is C15H17NO3. The predicted molar refractivity (Wildman–Crippen MR) is 72.1 cm³/mol. The zero-order valence-electron chi connectivity index (χ0n) is 11.1. The normalized spacial score (nSPS) is 10.6. The van der Waals surface area contributed by atoms with Crippen LogP contribution in [0.25, 0.3) is 0 Å². The van der Waals surface area contributed by atoms with E-state index in [1.54, 1.807) is 13.0 Å². The second-order valence-electron chi connectivity index (χ2n) is 4.58. The molecule has 0 saturated carbocycles. The summed E-state index contributed by atoms with van der Waals surface area (Å²) in [6.07, 6.45) is 0. The number of furan rings is 1. The Labute approximate surface area is 112 Å². The maximum absolute atomic E-state index is 10.9. The lowest BCUT2D eigenvalue weighted by Gasteiger charge is -2.03. The van der Waals surface area contributed by atoms with Crippen molar-refractivity contribution in [2.45, 2.75) is 26.9 Å². The average Bonchev–Trinajstić information content (AvgIpc) is 2.73. The summed E-state index contributed by atoms with van der Waals surface area (Å²) in [6, 6.07) is 9.84. The van der Waals surface area contributed by atoms with Gasteiger partial charge in [-0.05, 0) is 25.5 Å². The van der Waals surface area contributed by atoms with Crippen LogP contribution < -0.4 is 5.32 Å². The Morgan fingerprint density at radius 1 is 1.21 bits per heavy atom.